The number of anilines is 1. The van der Waals surface area contributed by atoms with E-state index in [4.69, 9.17) is 11.6 Å². The van der Waals surface area contributed by atoms with E-state index in [0.29, 0.717) is 5.69 Å². The highest BCUT2D eigenvalue weighted by atomic mass is 35.5. The summed E-state index contributed by atoms with van der Waals surface area (Å²) in [5, 5.41) is 2.81. The molecule has 0 unspecified atom stereocenters. The van der Waals surface area contributed by atoms with Crippen molar-refractivity contribution in [1.82, 2.24) is 0 Å². The maximum Gasteiger partial charge on any atom is 0.417 e. The first kappa shape index (κ1) is 15.3. The summed E-state index contributed by atoms with van der Waals surface area (Å²) in [6.45, 7) is 0. The monoisotopic (exact) mass is 316 g/mol. The molecule has 0 atom stereocenters. The van der Waals surface area contributed by atoms with Crippen LogP contribution in [0.5, 0.6) is 0 Å². The Kier molecular flexibility index (Phi) is 4.47. The maximum absolute atomic E-state index is 13.4. The highest BCUT2D eigenvalue weighted by Crippen LogP contribution is 2.36. The molecule has 0 aromatic heterocycles. The second-order valence-corrected chi connectivity index (χ2v) is 4.48. The molecule has 21 heavy (non-hydrogen) atoms. The van der Waals surface area contributed by atoms with Gasteiger partial charge in [0.2, 0.25) is 0 Å². The maximum atomic E-state index is 13.4. The van der Waals surface area contributed by atoms with Gasteiger partial charge in [-0.2, -0.15) is 18.3 Å². The van der Waals surface area contributed by atoms with Crippen LogP contribution in [0, 0.1) is 5.82 Å². The first-order valence-corrected chi connectivity index (χ1v) is 6.16. The molecule has 0 spiro atoms. The molecule has 0 saturated heterocycles. The molecular weight excluding hydrogens is 308 g/mol. The quantitative estimate of drug-likeness (QED) is 0.484. The van der Waals surface area contributed by atoms with E-state index >= 15 is 0 Å². The van der Waals surface area contributed by atoms with Crippen LogP contribution in [0.25, 0.3) is 0 Å². The molecular formula is C14H9ClF4N2. The van der Waals surface area contributed by atoms with Gasteiger partial charge in [0.25, 0.3) is 0 Å². The molecule has 1 N–H and O–H groups in total. The Morgan fingerprint density at radius 2 is 1.76 bits per heavy atom. The molecule has 110 valence electrons. The van der Waals surface area contributed by atoms with Gasteiger partial charge in [-0.1, -0.05) is 29.8 Å². The van der Waals surface area contributed by atoms with E-state index in [-0.39, 0.29) is 5.56 Å². The third-order valence-corrected chi connectivity index (χ3v) is 2.92. The Balaban J connectivity index is 2.23. The van der Waals surface area contributed by atoms with Gasteiger partial charge in [-0.3, -0.25) is 5.43 Å². The number of hydrogen-bond donors (Lipinski definition) is 1. The van der Waals surface area contributed by atoms with E-state index in [1.165, 1.54) is 0 Å². The molecule has 2 aromatic rings. The van der Waals surface area contributed by atoms with E-state index in [0.717, 1.165) is 18.3 Å². The van der Waals surface area contributed by atoms with Crippen molar-refractivity contribution >= 4 is 23.5 Å². The van der Waals surface area contributed by atoms with Gasteiger partial charge < -0.3 is 0 Å². The van der Waals surface area contributed by atoms with E-state index < -0.39 is 22.6 Å². The molecule has 0 aliphatic rings. The summed E-state index contributed by atoms with van der Waals surface area (Å²) < 4.78 is 51.5. The van der Waals surface area contributed by atoms with Crippen molar-refractivity contribution in [1.29, 1.82) is 0 Å². The standard InChI is InChI=1S/C14H9ClF4N2/c15-13-11(14(17,18)19)6-9(7-12(13)16)8-20-21-10-4-2-1-3-5-10/h1-8,21H. The number of nitrogens with one attached hydrogen (secondary N) is 1. The van der Waals surface area contributed by atoms with Crippen molar-refractivity contribution in [2.24, 2.45) is 5.10 Å². The number of alkyl halides is 3. The number of nitrogens with zero attached hydrogens (tertiary/aromatic N) is 1. The average Bonchev–Trinajstić information content (AvgIpc) is 2.42. The van der Waals surface area contributed by atoms with Crippen LogP contribution in [0.1, 0.15) is 11.1 Å². The van der Waals surface area contributed by atoms with Gasteiger partial charge in [-0.05, 0) is 29.8 Å². The van der Waals surface area contributed by atoms with Crippen molar-refractivity contribution in [3.8, 4) is 0 Å². The molecule has 0 fully saturated rings. The summed E-state index contributed by atoms with van der Waals surface area (Å²) in [5.74, 6) is -1.15. The predicted molar refractivity (Wildman–Crippen MR) is 74.1 cm³/mol. The molecule has 2 rings (SSSR count). The zero-order valence-electron chi connectivity index (χ0n) is 10.5. The topological polar surface area (TPSA) is 24.4 Å². The number of benzene rings is 2. The normalized spacial score (nSPS) is 11.9. The van der Waals surface area contributed by atoms with E-state index in [2.05, 4.69) is 10.5 Å². The van der Waals surface area contributed by atoms with Crippen molar-refractivity contribution in [2.45, 2.75) is 6.18 Å². The minimum atomic E-state index is -4.73. The van der Waals surface area contributed by atoms with Crippen LogP contribution in [0.2, 0.25) is 5.02 Å². The van der Waals surface area contributed by atoms with E-state index in [1.807, 2.05) is 0 Å². The molecule has 2 aromatic carbocycles. The van der Waals surface area contributed by atoms with Crippen LogP contribution in [-0.2, 0) is 6.18 Å². The molecule has 0 saturated carbocycles. The van der Waals surface area contributed by atoms with Gasteiger partial charge in [0, 0.05) is 0 Å². The van der Waals surface area contributed by atoms with Crippen LogP contribution in [0.4, 0.5) is 23.2 Å². The largest absolute Gasteiger partial charge is 0.417 e. The number of para-hydroxylation sites is 1. The van der Waals surface area contributed by atoms with Crippen LogP contribution in [0.3, 0.4) is 0 Å². The lowest BCUT2D eigenvalue weighted by Crippen LogP contribution is -2.08. The lowest BCUT2D eigenvalue weighted by molar-refractivity contribution is -0.137. The molecule has 7 heteroatoms. The minimum absolute atomic E-state index is 0.0485. The fourth-order valence-electron chi connectivity index (χ4n) is 1.58. The average molecular weight is 317 g/mol. The van der Waals surface area contributed by atoms with E-state index in [1.54, 1.807) is 30.3 Å². The lowest BCUT2D eigenvalue weighted by Gasteiger charge is -2.10. The number of hydrogen-bond acceptors (Lipinski definition) is 2. The summed E-state index contributed by atoms with van der Waals surface area (Å²) in [4.78, 5) is 0. The number of halogens is 5. The fourth-order valence-corrected chi connectivity index (χ4v) is 1.80. The highest BCUT2D eigenvalue weighted by molar-refractivity contribution is 6.31. The summed E-state index contributed by atoms with van der Waals surface area (Å²) in [7, 11) is 0. The molecule has 2 nitrogen and oxygen atoms in total. The second-order valence-electron chi connectivity index (χ2n) is 4.10. The number of rotatable bonds is 3. The molecule has 0 heterocycles. The smallest absolute Gasteiger partial charge is 0.279 e. The number of hydrazone groups is 1. The Morgan fingerprint density at radius 1 is 1.10 bits per heavy atom. The zero-order chi connectivity index (χ0) is 15.5. The molecule has 0 amide bonds. The van der Waals surface area contributed by atoms with Gasteiger partial charge in [0.15, 0.2) is 0 Å². The molecule has 0 aliphatic heterocycles. The summed E-state index contributed by atoms with van der Waals surface area (Å²) >= 11 is 5.32. The Bertz CT molecular complexity index is 654. The Morgan fingerprint density at radius 3 is 2.38 bits per heavy atom. The summed E-state index contributed by atoms with van der Waals surface area (Å²) in [6, 6.07) is 10.4. The molecule has 0 bridgehead atoms. The third kappa shape index (κ3) is 3.95. The van der Waals surface area contributed by atoms with Crippen molar-refractivity contribution in [3.05, 3.63) is 64.4 Å². The zero-order valence-corrected chi connectivity index (χ0v) is 11.2. The summed E-state index contributed by atoms with van der Waals surface area (Å²) in [6.07, 6.45) is -3.64. The minimum Gasteiger partial charge on any atom is -0.279 e. The summed E-state index contributed by atoms with van der Waals surface area (Å²) in [5.41, 5.74) is 1.99. The van der Waals surface area contributed by atoms with Crippen LogP contribution in [-0.4, -0.2) is 6.21 Å². The van der Waals surface area contributed by atoms with Gasteiger partial charge >= 0.3 is 6.18 Å². The van der Waals surface area contributed by atoms with Crippen LogP contribution < -0.4 is 5.43 Å². The Hall–Kier alpha value is -2.08. The lowest BCUT2D eigenvalue weighted by atomic mass is 10.1. The van der Waals surface area contributed by atoms with Crippen molar-refractivity contribution in [2.75, 3.05) is 5.43 Å². The van der Waals surface area contributed by atoms with Crippen molar-refractivity contribution < 1.29 is 17.6 Å². The molecule has 0 radical (unpaired) electrons. The predicted octanol–water partition coefficient (Wildman–Crippen LogP) is 4.94. The van der Waals surface area contributed by atoms with Gasteiger partial charge in [0.05, 0.1) is 22.5 Å². The SMILES string of the molecule is Fc1cc(C=NNc2ccccc2)cc(C(F)(F)F)c1Cl. The fraction of sp³-hybridized carbons (Fsp3) is 0.0714. The van der Waals surface area contributed by atoms with Gasteiger partial charge in [-0.15, -0.1) is 0 Å². The van der Waals surface area contributed by atoms with E-state index in [9.17, 15) is 17.6 Å². The third-order valence-electron chi connectivity index (χ3n) is 2.54. The first-order valence-electron chi connectivity index (χ1n) is 5.78. The van der Waals surface area contributed by atoms with Crippen molar-refractivity contribution in [3.63, 3.8) is 0 Å². The van der Waals surface area contributed by atoms with Gasteiger partial charge in [0.1, 0.15) is 5.82 Å². The Labute approximate surface area is 123 Å². The first-order chi connectivity index (χ1) is 9.88. The second kappa shape index (κ2) is 6.13. The van der Waals surface area contributed by atoms with Gasteiger partial charge in [-0.25, -0.2) is 4.39 Å². The molecule has 0 aliphatic carbocycles. The highest BCUT2D eigenvalue weighted by Gasteiger charge is 2.34. The van der Waals surface area contributed by atoms with Crippen LogP contribution in [0.15, 0.2) is 47.6 Å². The van der Waals surface area contributed by atoms with Crippen LogP contribution >= 0.6 is 11.6 Å².